The Morgan fingerprint density at radius 1 is 1.02 bits per heavy atom. The van der Waals surface area contributed by atoms with Gasteiger partial charge in [-0.1, -0.05) is 51.1 Å². The van der Waals surface area contributed by atoms with Gasteiger partial charge in [0, 0.05) is 12.5 Å². The van der Waals surface area contributed by atoms with E-state index in [2.05, 4.69) is 26.1 Å². The SMILES string of the molecule is C[C@H](CCC(=O)N[C@H](Cc1ccccc1)CS(=O)(=O)[O-])[C@H]1CC[C@H]2[C@@H]3CC[C@@H]4C[C@H](O)CC[C@]4(C)[C@H]3CC[C@]12C. The molecule has 40 heavy (non-hydrogen) atoms. The maximum absolute atomic E-state index is 13.0. The van der Waals surface area contributed by atoms with Crippen LogP contribution in [0.1, 0.15) is 97.0 Å². The highest BCUT2D eigenvalue weighted by atomic mass is 32.2. The van der Waals surface area contributed by atoms with Crippen LogP contribution in [0.5, 0.6) is 0 Å². The summed E-state index contributed by atoms with van der Waals surface area (Å²) >= 11 is 0. The predicted molar refractivity (Wildman–Crippen MR) is 156 cm³/mol. The van der Waals surface area contributed by atoms with Crippen molar-refractivity contribution in [3.63, 3.8) is 0 Å². The zero-order valence-electron chi connectivity index (χ0n) is 24.7. The first-order valence-electron chi connectivity index (χ1n) is 15.8. The highest BCUT2D eigenvalue weighted by Crippen LogP contribution is 2.68. The second-order valence-electron chi connectivity index (χ2n) is 14.5. The monoisotopic (exact) mass is 572 g/mol. The van der Waals surface area contributed by atoms with Crippen molar-refractivity contribution in [2.75, 3.05) is 5.75 Å². The van der Waals surface area contributed by atoms with Crippen molar-refractivity contribution in [3.8, 4) is 0 Å². The summed E-state index contributed by atoms with van der Waals surface area (Å²) in [5.41, 5.74) is 1.61. The third-order valence-electron chi connectivity index (χ3n) is 12.3. The van der Waals surface area contributed by atoms with Gasteiger partial charge in [0.05, 0.1) is 22.0 Å². The topological polar surface area (TPSA) is 107 Å². The van der Waals surface area contributed by atoms with Gasteiger partial charge in [-0.15, -0.1) is 0 Å². The lowest BCUT2D eigenvalue weighted by atomic mass is 9.44. The minimum Gasteiger partial charge on any atom is -0.748 e. The van der Waals surface area contributed by atoms with Crippen LogP contribution in [0.3, 0.4) is 0 Å². The van der Waals surface area contributed by atoms with Crippen molar-refractivity contribution in [3.05, 3.63) is 35.9 Å². The molecular weight excluding hydrogens is 522 g/mol. The molecule has 0 aromatic heterocycles. The van der Waals surface area contributed by atoms with Crippen LogP contribution in [-0.2, 0) is 21.3 Å². The van der Waals surface area contributed by atoms with Crippen LogP contribution in [0.2, 0.25) is 0 Å². The zero-order chi connectivity index (χ0) is 28.7. The Bertz CT molecular complexity index is 1140. The first-order valence-corrected chi connectivity index (χ1v) is 17.4. The van der Waals surface area contributed by atoms with Crippen LogP contribution in [0.15, 0.2) is 30.3 Å². The minimum atomic E-state index is -4.46. The fourth-order valence-corrected chi connectivity index (χ4v) is 11.1. The molecule has 1 aromatic rings. The maximum Gasteiger partial charge on any atom is 0.220 e. The standard InChI is InChI=1S/C33H51NO5S/c1-22(9-14-31(36)34-25(21-40(37,38)39)19-23-7-5-4-6-8-23)28-12-13-29-27-11-10-24-20-26(35)15-17-32(24,2)30(27)16-18-33(28,29)3/h4-8,22,24-30,35H,9-21H2,1-3H3,(H,34,36)(H,37,38,39)/p-1/t22-,24-,25-,26-,27+,28-,29+,30+,32+,33-/m1/s1. The van der Waals surface area contributed by atoms with Crippen LogP contribution >= 0.6 is 0 Å². The average molecular weight is 573 g/mol. The van der Waals surface area contributed by atoms with Crippen molar-refractivity contribution >= 4 is 16.0 Å². The van der Waals surface area contributed by atoms with E-state index in [0.717, 1.165) is 42.6 Å². The number of carbonyl (C=O) groups excluding carboxylic acids is 1. The summed E-state index contributed by atoms with van der Waals surface area (Å²) in [7, 11) is -4.46. The number of amides is 1. The molecule has 10 atom stereocenters. The Morgan fingerprint density at radius 3 is 2.45 bits per heavy atom. The van der Waals surface area contributed by atoms with E-state index < -0.39 is 21.9 Å². The number of hydrogen-bond acceptors (Lipinski definition) is 5. The number of nitrogens with one attached hydrogen (secondary N) is 1. The summed E-state index contributed by atoms with van der Waals surface area (Å²) in [4.78, 5) is 13.0. The number of hydrogen-bond donors (Lipinski definition) is 2. The van der Waals surface area contributed by atoms with E-state index in [9.17, 15) is 22.9 Å². The smallest absolute Gasteiger partial charge is 0.220 e. The van der Waals surface area contributed by atoms with Crippen molar-refractivity contribution in [1.29, 1.82) is 0 Å². The summed E-state index contributed by atoms with van der Waals surface area (Å²) in [5.74, 6) is 3.29. The molecule has 4 fully saturated rings. The van der Waals surface area contributed by atoms with E-state index >= 15 is 0 Å². The fraction of sp³-hybridized carbons (Fsp3) is 0.788. The third kappa shape index (κ3) is 6.17. The molecule has 0 aliphatic heterocycles. The molecule has 4 aliphatic carbocycles. The van der Waals surface area contributed by atoms with Gasteiger partial charge in [0.2, 0.25) is 5.91 Å². The molecule has 4 saturated carbocycles. The molecule has 7 heteroatoms. The molecular formula is C33H50NO5S-. The first kappa shape index (κ1) is 30.0. The van der Waals surface area contributed by atoms with Gasteiger partial charge in [-0.3, -0.25) is 4.79 Å². The number of benzene rings is 1. The lowest BCUT2D eigenvalue weighted by Gasteiger charge is -2.61. The average Bonchev–Trinajstić information content (AvgIpc) is 3.24. The van der Waals surface area contributed by atoms with Crippen molar-refractivity contribution in [2.45, 2.75) is 110 Å². The molecule has 1 amide bonds. The van der Waals surface area contributed by atoms with E-state index in [0.29, 0.717) is 41.4 Å². The Labute approximate surface area is 241 Å². The van der Waals surface area contributed by atoms with Gasteiger partial charge in [0.15, 0.2) is 0 Å². The maximum atomic E-state index is 13.0. The van der Waals surface area contributed by atoms with E-state index in [1.54, 1.807) is 0 Å². The number of aliphatic hydroxyl groups excluding tert-OH is 1. The molecule has 5 rings (SSSR count). The molecule has 224 valence electrons. The molecule has 0 spiro atoms. The molecule has 0 unspecified atom stereocenters. The Kier molecular flexibility index (Phi) is 8.77. The molecule has 1 aromatic carbocycles. The third-order valence-corrected chi connectivity index (χ3v) is 13.1. The Hall–Kier alpha value is -1.44. The van der Waals surface area contributed by atoms with Gasteiger partial charge < -0.3 is 15.0 Å². The second kappa shape index (κ2) is 11.7. The molecule has 0 radical (unpaired) electrons. The van der Waals surface area contributed by atoms with Gasteiger partial charge in [0.25, 0.3) is 0 Å². The number of carbonyl (C=O) groups is 1. The van der Waals surface area contributed by atoms with E-state index in [1.807, 2.05) is 30.3 Å². The van der Waals surface area contributed by atoms with Crippen LogP contribution in [-0.4, -0.2) is 41.9 Å². The summed E-state index contributed by atoms with van der Waals surface area (Å²) in [5, 5.41) is 13.2. The van der Waals surface area contributed by atoms with Gasteiger partial charge >= 0.3 is 0 Å². The van der Waals surface area contributed by atoms with Crippen molar-refractivity contribution in [2.24, 2.45) is 46.3 Å². The molecule has 2 N–H and O–H groups in total. The fourth-order valence-electron chi connectivity index (χ4n) is 10.4. The molecule has 6 nitrogen and oxygen atoms in total. The normalized spacial score (nSPS) is 38.9. The second-order valence-corrected chi connectivity index (χ2v) is 16.0. The summed E-state index contributed by atoms with van der Waals surface area (Å²) in [6.07, 6.45) is 12.2. The lowest BCUT2D eigenvalue weighted by molar-refractivity contribution is -0.130. The summed E-state index contributed by atoms with van der Waals surface area (Å²) < 4.78 is 34.6. The van der Waals surface area contributed by atoms with Crippen LogP contribution < -0.4 is 5.32 Å². The largest absolute Gasteiger partial charge is 0.748 e. The lowest BCUT2D eigenvalue weighted by Crippen LogP contribution is -2.54. The van der Waals surface area contributed by atoms with Crippen LogP contribution in [0, 0.1) is 46.3 Å². The summed E-state index contributed by atoms with van der Waals surface area (Å²) in [6.45, 7) is 7.39. The predicted octanol–water partition coefficient (Wildman–Crippen LogP) is 5.70. The van der Waals surface area contributed by atoms with Crippen LogP contribution in [0.25, 0.3) is 0 Å². The highest BCUT2D eigenvalue weighted by molar-refractivity contribution is 7.85. The number of fused-ring (bicyclic) bond motifs is 5. The number of aliphatic hydroxyl groups is 1. The quantitative estimate of drug-likeness (QED) is 0.370. The van der Waals surface area contributed by atoms with Gasteiger partial charge in [0.1, 0.15) is 0 Å². The Balaban J connectivity index is 1.18. The minimum absolute atomic E-state index is 0.101. The van der Waals surface area contributed by atoms with Crippen molar-refractivity contribution < 1.29 is 22.9 Å². The number of rotatable bonds is 9. The van der Waals surface area contributed by atoms with Gasteiger partial charge in [-0.05, 0) is 123 Å². The zero-order valence-corrected chi connectivity index (χ0v) is 25.5. The van der Waals surface area contributed by atoms with E-state index in [-0.39, 0.29) is 12.0 Å². The van der Waals surface area contributed by atoms with E-state index in [4.69, 9.17) is 0 Å². The first-order chi connectivity index (χ1) is 18.9. The Morgan fingerprint density at radius 2 is 1.73 bits per heavy atom. The van der Waals surface area contributed by atoms with Gasteiger partial charge in [-0.25, -0.2) is 8.42 Å². The van der Waals surface area contributed by atoms with Crippen LogP contribution in [0.4, 0.5) is 0 Å². The molecule has 0 saturated heterocycles. The molecule has 4 aliphatic rings. The summed E-state index contributed by atoms with van der Waals surface area (Å²) in [6, 6.07) is 8.68. The molecule has 0 bridgehead atoms. The van der Waals surface area contributed by atoms with Crippen molar-refractivity contribution in [1.82, 2.24) is 5.32 Å². The van der Waals surface area contributed by atoms with E-state index in [1.165, 1.54) is 44.9 Å². The van der Waals surface area contributed by atoms with Gasteiger partial charge in [-0.2, -0.15) is 0 Å². The highest BCUT2D eigenvalue weighted by Gasteiger charge is 2.60. The molecule has 0 heterocycles.